The molecule has 4 rings (SSSR count). The van der Waals surface area contributed by atoms with Crippen LogP contribution in [-0.4, -0.2) is 60.4 Å². The van der Waals surface area contributed by atoms with Crippen molar-refractivity contribution in [2.75, 3.05) is 44.7 Å². The summed E-state index contributed by atoms with van der Waals surface area (Å²) in [5.74, 6) is -1.43. The van der Waals surface area contributed by atoms with Gasteiger partial charge in [0.1, 0.15) is 18.0 Å². The summed E-state index contributed by atoms with van der Waals surface area (Å²) >= 11 is 0. The van der Waals surface area contributed by atoms with Gasteiger partial charge < -0.3 is 24.2 Å². The zero-order valence-corrected chi connectivity index (χ0v) is 14.7. The van der Waals surface area contributed by atoms with Crippen LogP contribution in [0.4, 0.5) is 10.1 Å². The van der Waals surface area contributed by atoms with Crippen molar-refractivity contribution in [2.24, 2.45) is 0 Å². The van der Waals surface area contributed by atoms with Gasteiger partial charge in [-0.05, 0) is 20.0 Å². The van der Waals surface area contributed by atoms with Crippen molar-refractivity contribution in [3.8, 4) is 5.75 Å². The number of carbonyl (C=O) groups is 1. The lowest BCUT2D eigenvalue weighted by molar-refractivity contribution is 0.0679. The summed E-state index contributed by atoms with van der Waals surface area (Å²) in [7, 11) is 2.01. The van der Waals surface area contributed by atoms with E-state index < -0.39 is 17.2 Å². The van der Waals surface area contributed by atoms with Crippen molar-refractivity contribution >= 4 is 22.6 Å². The van der Waals surface area contributed by atoms with Crippen molar-refractivity contribution in [2.45, 2.75) is 13.0 Å². The fourth-order valence-electron chi connectivity index (χ4n) is 3.79. The standard InChI is InChI=1S/C18H20FN3O4/c1-10-9-26-17-15-11(14(23)8-13(18(24)25)22(10)15)7-12(19)16(17)21-5-3-20(2)4-6-21/h7-8,10H,3-6,9H2,1-2H3,(H,24,25). The molecule has 138 valence electrons. The number of carboxylic acids is 1. The summed E-state index contributed by atoms with van der Waals surface area (Å²) < 4.78 is 22.4. The molecule has 7 nitrogen and oxygen atoms in total. The molecule has 8 heteroatoms. The predicted molar refractivity (Wildman–Crippen MR) is 95.0 cm³/mol. The van der Waals surface area contributed by atoms with Gasteiger partial charge >= 0.3 is 5.97 Å². The van der Waals surface area contributed by atoms with Gasteiger partial charge in [0.15, 0.2) is 17.0 Å². The van der Waals surface area contributed by atoms with Crippen LogP contribution in [0.3, 0.4) is 0 Å². The largest absolute Gasteiger partial charge is 0.487 e. The molecule has 2 aromatic rings. The summed E-state index contributed by atoms with van der Waals surface area (Å²) in [6.07, 6.45) is 0. The molecule has 0 radical (unpaired) electrons. The number of pyridine rings is 1. The maximum Gasteiger partial charge on any atom is 0.352 e. The van der Waals surface area contributed by atoms with Crippen molar-refractivity contribution in [1.82, 2.24) is 9.47 Å². The van der Waals surface area contributed by atoms with Crippen molar-refractivity contribution in [3.63, 3.8) is 0 Å². The second-order valence-corrected chi connectivity index (χ2v) is 6.95. The first-order chi connectivity index (χ1) is 12.4. The fraction of sp³-hybridized carbons (Fsp3) is 0.444. The Morgan fingerprint density at radius 1 is 1.27 bits per heavy atom. The van der Waals surface area contributed by atoms with E-state index in [9.17, 15) is 19.1 Å². The minimum Gasteiger partial charge on any atom is -0.487 e. The number of anilines is 1. The van der Waals surface area contributed by atoms with E-state index in [1.807, 2.05) is 18.9 Å². The molecular weight excluding hydrogens is 341 g/mol. The first-order valence-corrected chi connectivity index (χ1v) is 8.60. The van der Waals surface area contributed by atoms with Crippen LogP contribution in [-0.2, 0) is 0 Å². The Balaban J connectivity index is 2.03. The van der Waals surface area contributed by atoms with E-state index in [4.69, 9.17) is 4.74 Å². The maximum absolute atomic E-state index is 14.9. The molecule has 26 heavy (non-hydrogen) atoms. The number of aromatic carboxylic acids is 1. The number of benzene rings is 1. The molecule has 2 aliphatic heterocycles. The second-order valence-electron chi connectivity index (χ2n) is 6.95. The van der Waals surface area contributed by atoms with Crippen LogP contribution < -0.4 is 15.1 Å². The summed E-state index contributed by atoms with van der Waals surface area (Å²) in [5, 5.41) is 9.67. The van der Waals surface area contributed by atoms with Crippen LogP contribution in [0.1, 0.15) is 23.5 Å². The van der Waals surface area contributed by atoms with Crippen LogP contribution in [0.2, 0.25) is 0 Å². The monoisotopic (exact) mass is 361 g/mol. The lowest BCUT2D eigenvalue weighted by Crippen LogP contribution is -2.45. The van der Waals surface area contributed by atoms with Crippen molar-refractivity contribution < 1.29 is 19.0 Å². The highest BCUT2D eigenvalue weighted by molar-refractivity contribution is 5.96. The maximum atomic E-state index is 14.9. The number of carboxylic acid groups (broad SMARTS) is 1. The Hall–Kier alpha value is -2.61. The number of likely N-dealkylation sites (N-methyl/N-ethyl adjacent to an activating group) is 1. The van der Waals surface area contributed by atoms with Gasteiger partial charge in [-0.1, -0.05) is 0 Å². The van der Waals surface area contributed by atoms with Gasteiger partial charge in [-0.2, -0.15) is 0 Å². The highest BCUT2D eigenvalue weighted by Gasteiger charge is 2.31. The topological polar surface area (TPSA) is 75.0 Å². The summed E-state index contributed by atoms with van der Waals surface area (Å²) in [6.45, 7) is 4.87. The molecular formula is C18H20FN3O4. The minimum absolute atomic E-state index is 0.101. The molecule has 3 heterocycles. The lowest BCUT2D eigenvalue weighted by atomic mass is 10.1. The molecule has 0 aliphatic carbocycles. The van der Waals surface area contributed by atoms with E-state index in [1.54, 1.807) is 4.57 Å². The number of piperazine rings is 1. The quantitative estimate of drug-likeness (QED) is 0.875. The van der Waals surface area contributed by atoms with Crippen LogP contribution >= 0.6 is 0 Å². The molecule has 0 spiro atoms. The smallest absolute Gasteiger partial charge is 0.352 e. The number of halogens is 1. The van der Waals surface area contributed by atoms with E-state index in [-0.39, 0.29) is 29.5 Å². The molecule has 2 aliphatic rings. The number of hydrogen-bond donors (Lipinski definition) is 1. The molecule has 0 saturated carbocycles. The van der Waals surface area contributed by atoms with Crippen molar-refractivity contribution in [1.29, 1.82) is 0 Å². The third-order valence-electron chi connectivity index (χ3n) is 5.16. The zero-order valence-electron chi connectivity index (χ0n) is 14.7. The van der Waals surface area contributed by atoms with Crippen LogP contribution in [0.5, 0.6) is 5.75 Å². The Morgan fingerprint density at radius 2 is 1.96 bits per heavy atom. The molecule has 1 N–H and O–H groups in total. The zero-order chi connectivity index (χ0) is 18.6. The summed E-state index contributed by atoms with van der Waals surface area (Å²) in [5.41, 5.74) is 0.0593. The highest BCUT2D eigenvalue weighted by Crippen LogP contribution is 2.42. The molecule has 1 fully saturated rings. The molecule has 1 unspecified atom stereocenters. The van der Waals surface area contributed by atoms with E-state index in [2.05, 4.69) is 4.90 Å². The lowest BCUT2D eigenvalue weighted by Gasteiger charge is -2.37. The van der Waals surface area contributed by atoms with Crippen LogP contribution in [0.25, 0.3) is 10.9 Å². The highest BCUT2D eigenvalue weighted by atomic mass is 19.1. The molecule has 0 bridgehead atoms. The van der Waals surface area contributed by atoms with Crippen LogP contribution in [0, 0.1) is 5.82 Å². The Bertz CT molecular complexity index is 963. The average Bonchev–Trinajstić information content (AvgIpc) is 2.60. The van der Waals surface area contributed by atoms with E-state index >= 15 is 0 Å². The third-order valence-corrected chi connectivity index (χ3v) is 5.16. The Labute approximate surface area is 149 Å². The van der Waals surface area contributed by atoms with Gasteiger partial charge in [0.25, 0.3) is 0 Å². The number of rotatable bonds is 2. The number of aromatic nitrogens is 1. The van der Waals surface area contributed by atoms with Gasteiger partial charge in [0.05, 0.1) is 16.9 Å². The van der Waals surface area contributed by atoms with E-state index in [0.29, 0.717) is 24.3 Å². The minimum atomic E-state index is -1.19. The molecule has 0 amide bonds. The SMILES string of the molecule is CC1COc2c(N3CCN(C)CC3)c(F)cc3c(=O)cc(C(=O)O)n1c23. The second kappa shape index (κ2) is 5.98. The first kappa shape index (κ1) is 16.8. The number of ether oxygens (including phenoxy) is 1. The van der Waals surface area contributed by atoms with E-state index in [0.717, 1.165) is 19.2 Å². The average molecular weight is 361 g/mol. The number of nitrogens with zero attached hydrogens (tertiary/aromatic N) is 3. The van der Waals surface area contributed by atoms with Gasteiger partial charge in [0.2, 0.25) is 0 Å². The normalized spacial score (nSPS) is 20.3. The van der Waals surface area contributed by atoms with Gasteiger partial charge in [-0.25, -0.2) is 9.18 Å². The fourth-order valence-corrected chi connectivity index (χ4v) is 3.79. The third kappa shape index (κ3) is 2.44. The van der Waals surface area contributed by atoms with E-state index in [1.165, 1.54) is 6.07 Å². The molecule has 1 aromatic carbocycles. The van der Waals surface area contributed by atoms with Crippen molar-refractivity contribution in [3.05, 3.63) is 33.9 Å². The molecule has 1 aromatic heterocycles. The molecule has 1 atom stereocenters. The summed E-state index contributed by atoms with van der Waals surface area (Å²) in [4.78, 5) is 28.1. The molecule has 1 saturated heterocycles. The van der Waals surface area contributed by atoms with Gasteiger partial charge in [0, 0.05) is 32.2 Å². The summed E-state index contributed by atoms with van der Waals surface area (Å²) in [6, 6.07) is 1.99. The number of hydrogen-bond acceptors (Lipinski definition) is 5. The van der Waals surface area contributed by atoms with Crippen LogP contribution in [0.15, 0.2) is 16.9 Å². The van der Waals surface area contributed by atoms with Gasteiger partial charge in [-0.15, -0.1) is 0 Å². The Morgan fingerprint density at radius 3 is 2.62 bits per heavy atom. The van der Waals surface area contributed by atoms with Gasteiger partial charge in [-0.3, -0.25) is 4.79 Å². The first-order valence-electron chi connectivity index (χ1n) is 8.60. The predicted octanol–water partition coefficient (Wildman–Crippen LogP) is 1.54. The Kier molecular flexibility index (Phi) is 3.87.